The highest BCUT2D eigenvalue weighted by molar-refractivity contribution is 6.76. The second-order valence-corrected chi connectivity index (χ2v) is 10.6. The van der Waals surface area contributed by atoms with Crippen molar-refractivity contribution in [2.24, 2.45) is 0 Å². The molecule has 0 saturated carbocycles. The predicted octanol–water partition coefficient (Wildman–Crippen LogP) is 6.63. The molecule has 0 spiro atoms. The summed E-state index contributed by atoms with van der Waals surface area (Å²) in [5.41, 5.74) is 2.03. The molecule has 0 rings (SSSR count). The van der Waals surface area contributed by atoms with Gasteiger partial charge in [-0.1, -0.05) is 76.8 Å². The average molecular weight is 299 g/mol. The Morgan fingerprint density at radius 3 is 1.80 bits per heavy atom. The zero-order valence-electron chi connectivity index (χ0n) is 14.5. The predicted molar refractivity (Wildman–Crippen MR) is 94.7 cm³/mol. The van der Waals surface area contributed by atoms with Gasteiger partial charge >= 0.3 is 0 Å². The van der Waals surface area contributed by atoms with Gasteiger partial charge in [-0.05, 0) is 26.4 Å². The molecular formula is C18H38OSi. The van der Waals surface area contributed by atoms with Crippen LogP contribution in [0.5, 0.6) is 0 Å². The molecule has 0 aliphatic heterocycles. The second kappa shape index (κ2) is 12.6. The van der Waals surface area contributed by atoms with E-state index in [1.165, 1.54) is 70.6 Å². The molecule has 0 saturated heterocycles. The van der Waals surface area contributed by atoms with Crippen LogP contribution in [0.2, 0.25) is 13.1 Å². The molecule has 1 atom stereocenters. The van der Waals surface area contributed by atoms with Gasteiger partial charge in [0.25, 0.3) is 0 Å². The molecule has 2 heteroatoms. The molecular weight excluding hydrogens is 260 g/mol. The Morgan fingerprint density at radius 1 is 0.900 bits per heavy atom. The van der Waals surface area contributed by atoms with Crippen LogP contribution in [-0.2, 0) is 4.43 Å². The van der Waals surface area contributed by atoms with E-state index in [1.807, 2.05) is 5.70 Å². The van der Waals surface area contributed by atoms with Crippen molar-refractivity contribution in [3.8, 4) is 0 Å². The average Bonchev–Trinajstić information content (AvgIpc) is 2.40. The van der Waals surface area contributed by atoms with E-state index in [4.69, 9.17) is 4.43 Å². The lowest BCUT2D eigenvalue weighted by molar-refractivity contribution is 0.201. The van der Waals surface area contributed by atoms with Crippen LogP contribution < -0.4 is 0 Å². The molecule has 1 unspecified atom stereocenters. The number of hydrogen-bond donors (Lipinski definition) is 0. The minimum atomic E-state index is -1.57. The van der Waals surface area contributed by atoms with Crippen molar-refractivity contribution in [3.63, 3.8) is 0 Å². The van der Waals surface area contributed by atoms with Crippen LogP contribution in [0, 0.1) is 0 Å². The fraction of sp³-hybridized carbons (Fsp3) is 0.889. The lowest BCUT2D eigenvalue weighted by Crippen LogP contribution is -2.32. The molecule has 0 N–H and O–H groups in total. The van der Waals surface area contributed by atoms with E-state index in [9.17, 15) is 0 Å². The molecule has 0 aromatic heterocycles. The monoisotopic (exact) mass is 298 g/mol. The van der Waals surface area contributed by atoms with Crippen molar-refractivity contribution in [2.75, 3.05) is 0 Å². The summed E-state index contributed by atoms with van der Waals surface area (Å²) in [6.07, 6.45) is 15.7. The normalized spacial score (nSPS) is 13.4. The Bertz CT molecular complexity index is 225. The molecule has 0 radical (unpaired) electrons. The highest BCUT2D eigenvalue weighted by Crippen LogP contribution is 2.15. The van der Waals surface area contributed by atoms with Crippen molar-refractivity contribution in [2.45, 2.75) is 104 Å². The van der Waals surface area contributed by atoms with Crippen molar-refractivity contribution in [1.82, 2.24) is 0 Å². The zero-order chi connectivity index (χ0) is 15.3. The van der Waals surface area contributed by atoms with Crippen molar-refractivity contribution >= 4 is 8.32 Å². The van der Waals surface area contributed by atoms with Crippen LogP contribution in [0.25, 0.3) is 0 Å². The van der Waals surface area contributed by atoms with Crippen molar-refractivity contribution in [3.05, 3.63) is 12.3 Å². The smallest absolute Gasteiger partial charge is 0.210 e. The van der Waals surface area contributed by atoms with Gasteiger partial charge in [-0.3, -0.25) is 0 Å². The molecule has 0 fully saturated rings. The molecule has 1 nitrogen and oxygen atoms in total. The third kappa shape index (κ3) is 12.9. The highest BCUT2D eigenvalue weighted by Gasteiger charge is 2.20. The Kier molecular flexibility index (Phi) is 12.6. The second-order valence-electron chi connectivity index (χ2n) is 6.71. The maximum absolute atomic E-state index is 6.09. The summed E-state index contributed by atoms with van der Waals surface area (Å²) in [6.45, 7) is 12.8. The van der Waals surface area contributed by atoms with Crippen LogP contribution in [0.3, 0.4) is 0 Å². The molecule has 0 aromatic carbocycles. The maximum atomic E-state index is 6.09. The fourth-order valence-corrected chi connectivity index (χ4v) is 3.80. The van der Waals surface area contributed by atoms with Crippen LogP contribution >= 0.6 is 0 Å². The van der Waals surface area contributed by atoms with Gasteiger partial charge in [0.2, 0.25) is 8.32 Å². The molecule has 20 heavy (non-hydrogen) atoms. The maximum Gasteiger partial charge on any atom is 0.210 e. The molecule has 0 aromatic rings. The SMILES string of the molecule is C=C[Si](C)(C)OC(C)CCCCCCCCCCCC. The Hall–Kier alpha value is -0.0831. The van der Waals surface area contributed by atoms with Gasteiger partial charge < -0.3 is 4.43 Å². The van der Waals surface area contributed by atoms with Crippen LogP contribution in [0.4, 0.5) is 0 Å². The third-order valence-electron chi connectivity index (χ3n) is 3.96. The summed E-state index contributed by atoms with van der Waals surface area (Å²) < 4.78 is 6.09. The summed E-state index contributed by atoms with van der Waals surface area (Å²) in [6, 6.07) is 0. The summed E-state index contributed by atoms with van der Waals surface area (Å²) in [4.78, 5) is 0. The van der Waals surface area contributed by atoms with E-state index in [1.54, 1.807) is 0 Å². The lowest BCUT2D eigenvalue weighted by Gasteiger charge is -2.24. The molecule has 0 bridgehead atoms. The first-order valence-corrected chi connectivity index (χ1v) is 11.8. The Morgan fingerprint density at radius 2 is 1.35 bits per heavy atom. The summed E-state index contributed by atoms with van der Waals surface area (Å²) in [5.74, 6) is 0. The highest BCUT2D eigenvalue weighted by atomic mass is 28.4. The standard InChI is InChI=1S/C18H38OSi/c1-6-8-9-10-11-12-13-14-15-16-17-18(3)19-20(4,5)7-2/h7,18H,2,6,8-17H2,1,3-5H3. The van der Waals surface area contributed by atoms with Crippen molar-refractivity contribution < 1.29 is 4.43 Å². The van der Waals surface area contributed by atoms with Gasteiger partial charge in [-0.15, -0.1) is 6.58 Å². The quantitative estimate of drug-likeness (QED) is 0.258. The lowest BCUT2D eigenvalue weighted by atomic mass is 10.1. The van der Waals surface area contributed by atoms with Crippen LogP contribution in [-0.4, -0.2) is 14.4 Å². The summed E-state index contributed by atoms with van der Waals surface area (Å²) >= 11 is 0. The van der Waals surface area contributed by atoms with Crippen LogP contribution in [0.15, 0.2) is 12.3 Å². The Balaban J connectivity index is 3.29. The van der Waals surface area contributed by atoms with E-state index in [0.29, 0.717) is 6.10 Å². The zero-order valence-corrected chi connectivity index (χ0v) is 15.5. The largest absolute Gasteiger partial charge is 0.411 e. The van der Waals surface area contributed by atoms with E-state index in [0.717, 1.165) is 0 Å². The van der Waals surface area contributed by atoms with Crippen LogP contribution in [0.1, 0.15) is 84.5 Å². The van der Waals surface area contributed by atoms with E-state index in [-0.39, 0.29) is 0 Å². The molecule has 0 heterocycles. The molecule has 0 amide bonds. The first-order valence-electron chi connectivity index (χ1n) is 8.83. The summed E-state index contributed by atoms with van der Waals surface area (Å²) in [5, 5.41) is 0. The topological polar surface area (TPSA) is 9.23 Å². The minimum Gasteiger partial charge on any atom is -0.411 e. The van der Waals surface area contributed by atoms with Crippen molar-refractivity contribution in [1.29, 1.82) is 0 Å². The first kappa shape index (κ1) is 19.9. The minimum absolute atomic E-state index is 0.406. The van der Waals surface area contributed by atoms with Gasteiger partial charge in [-0.25, -0.2) is 0 Å². The number of hydrogen-bond acceptors (Lipinski definition) is 1. The van der Waals surface area contributed by atoms with Gasteiger partial charge in [0.05, 0.1) is 0 Å². The number of unbranched alkanes of at least 4 members (excludes halogenated alkanes) is 9. The Labute approximate surface area is 129 Å². The molecule has 120 valence electrons. The first-order chi connectivity index (χ1) is 9.52. The van der Waals surface area contributed by atoms with Gasteiger partial charge in [0, 0.05) is 6.10 Å². The van der Waals surface area contributed by atoms with Gasteiger partial charge in [0.15, 0.2) is 0 Å². The molecule has 0 aliphatic carbocycles. The van der Waals surface area contributed by atoms with E-state index in [2.05, 4.69) is 33.5 Å². The van der Waals surface area contributed by atoms with E-state index < -0.39 is 8.32 Å². The van der Waals surface area contributed by atoms with Gasteiger partial charge in [-0.2, -0.15) is 0 Å². The fourth-order valence-electron chi connectivity index (χ4n) is 2.54. The third-order valence-corrected chi connectivity index (χ3v) is 5.95. The van der Waals surface area contributed by atoms with Gasteiger partial charge in [0.1, 0.15) is 0 Å². The van der Waals surface area contributed by atoms with E-state index >= 15 is 0 Å². The number of rotatable bonds is 14. The molecule has 0 aliphatic rings. The summed E-state index contributed by atoms with van der Waals surface area (Å²) in [7, 11) is -1.57.